The Bertz CT molecular complexity index is 519. The van der Waals surface area contributed by atoms with Gasteiger partial charge in [-0.25, -0.2) is 0 Å². The zero-order valence-corrected chi connectivity index (χ0v) is 12.3. The average Bonchev–Trinajstić information content (AvgIpc) is 2.74. The van der Waals surface area contributed by atoms with Crippen LogP contribution in [0.1, 0.15) is 36.6 Å². The first-order valence-corrected chi connectivity index (χ1v) is 6.94. The summed E-state index contributed by atoms with van der Waals surface area (Å²) < 4.78 is 5.95. The van der Waals surface area contributed by atoms with Gasteiger partial charge in [-0.1, -0.05) is 38.1 Å². The van der Waals surface area contributed by atoms with E-state index in [0.29, 0.717) is 10.6 Å². The molecule has 2 nitrogen and oxygen atoms in total. The number of furan rings is 1. The lowest BCUT2D eigenvalue weighted by Gasteiger charge is -2.13. The van der Waals surface area contributed by atoms with Crippen molar-refractivity contribution in [2.45, 2.75) is 26.3 Å². The highest BCUT2D eigenvalue weighted by Crippen LogP contribution is 2.28. The molecule has 1 aromatic heterocycles. The van der Waals surface area contributed by atoms with Crippen LogP contribution in [0.2, 0.25) is 0 Å². The number of halogens is 1. The second-order valence-corrected chi connectivity index (χ2v) is 5.69. The van der Waals surface area contributed by atoms with Crippen molar-refractivity contribution < 1.29 is 4.42 Å². The number of hydrogen-bond donors (Lipinski definition) is 1. The molecule has 1 aromatic carbocycles. The van der Waals surface area contributed by atoms with E-state index in [-0.39, 0.29) is 6.04 Å². The fraction of sp³-hybridized carbons (Fsp3) is 0.333. The Kier molecular flexibility index (Phi) is 4.25. The minimum absolute atomic E-state index is 0.148. The Morgan fingerprint density at radius 1 is 1.28 bits per heavy atom. The molecule has 2 rings (SSSR count). The maximum atomic E-state index is 6.27. The van der Waals surface area contributed by atoms with Gasteiger partial charge in [0.05, 0.1) is 12.3 Å². The second kappa shape index (κ2) is 5.72. The SMILES string of the molecule is CC(C)Cc1cccc(C(N)c2ccoc2Br)c1. The number of benzene rings is 1. The molecular weight excluding hydrogens is 290 g/mol. The number of hydrogen-bond acceptors (Lipinski definition) is 2. The average molecular weight is 308 g/mol. The third-order valence-corrected chi connectivity index (χ3v) is 3.58. The van der Waals surface area contributed by atoms with Crippen LogP contribution >= 0.6 is 15.9 Å². The molecule has 0 saturated heterocycles. The second-order valence-electron chi connectivity index (χ2n) is 4.97. The van der Waals surface area contributed by atoms with Crippen molar-refractivity contribution in [1.82, 2.24) is 0 Å². The molecule has 18 heavy (non-hydrogen) atoms. The van der Waals surface area contributed by atoms with Crippen LogP contribution in [0.4, 0.5) is 0 Å². The normalized spacial score (nSPS) is 12.9. The maximum absolute atomic E-state index is 6.27. The van der Waals surface area contributed by atoms with Crippen molar-refractivity contribution in [2.75, 3.05) is 0 Å². The summed E-state index contributed by atoms with van der Waals surface area (Å²) in [4.78, 5) is 0. The lowest BCUT2D eigenvalue weighted by molar-refractivity contribution is 0.534. The van der Waals surface area contributed by atoms with Crippen molar-refractivity contribution in [3.63, 3.8) is 0 Å². The first-order chi connectivity index (χ1) is 8.58. The summed E-state index contributed by atoms with van der Waals surface area (Å²) in [7, 11) is 0. The van der Waals surface area contributed by atoms with E-state index in [0.717, 1.165) is 17.5 Å². The van der Waals surface area contributed by atoms with Crippen LogP contribution in [0.15, 0.2) is 45.7 Å². The van der Waals surface area contributed by atoms with Crippen molar-refractivity contribution in [3.05, 3.63) is 58.0 Å². The number of nitrogens with two attached hydrogens (primary N) is 1. The van der Waals surface area contributed by atoms with Gasteiger partial charge in [0.2, 0.25) is 0 Å². The molecular formula is C15H18BrNO. The Morgan fingerprint density at radius 3 is 2.67 bits per heavy atom. The molecule has 1 unspecified atom stereocenters. The molecule has 0 aliphatic heterocycles. The largest absolute Gasteiger partial charge is 0.457 e. The van der Waals surface area contributed by atoms with Crippen LogP contribution in [-0.4, -0.2) is 0 Å². The van der Waals surface area contributed by atoms with Crippen molar-refractivity contribution >= 4 is 15.9 Å². The first kappa shape index (κ1) is 13.4. The predicted octanol–water partition coefficient (Wildman–Crippen LogP) is 4.29. The lowest BCUT2D eigenvalue weighted by Crippen LogP contribution is -2.12. The van der Waals surface area contributed by atoms with Gasteiger partial charge in [0.15, 0.2) is 4.67 Å². The highest BCUT2D eigenvalue weighted by Gasteiger charge is 2.14. The van der Waals surface area contributed by atoms with Gasteiger partial charge in [0, 0.05) is 5.56 Å². The van der Waals surface area contributed by atoms with Crippen LogP contribution in [0, 0.1) is 5.92 Å². The molecule has 0 bridgehead atoms. The van der Waals surface area contributed by atoms with E-state index in [2.05, 4.69) is 54.0 Å². The van der Waals surface area contributed by atoms with Crippen molar-refractivity contribution in [1.29, 1.82) is 0 Å². The minimum atomic E-state index is -0.148. The Hall–Kier alpha value is -1.06. The highest BCUT2D eigenvalue weighted by atomic mass is 79.9. The zero-order valence-electron chi connectivity index (χ0n) is 10.7. The molecule has 96 valence electrons. The highest BCUT2D eigenvalue weighted by molar-refractivity contribution is 9.10. The van der Waals surface area contributed by atoms with E-state index in [4.69, 9.17) is 10.2 Å². The van der Waals surface area contributed by atoms with Crippen LogP contribution in [0.25, 0.3) is 0 Å². The Labute approximate surface area is 116 Å². The third kappa shape index (κ3) is 3.03. The fourth-order valence-corrected chi connectivity index (χ4v) is 2.58. The van der Waals surface area contributed by atoms with Crippen LogP contribution in [0.5, 0.6) is 0 Å². The van der Waals surface area contributed by atoms with E-state index in [1.807, 2.05) is 6.07 Å². The molecule has 2 N–H and O–H groups in total. The topological polar surface area (TPSA) is 39.2 Å². The van der Waals surface area contributed by atoms with Gasteiger partial charge in [-0.3, -0.25) is 0 Å². The smallest absolute Gasteiger partial charge is 0.174 e. The van der Waals surface area contributed by atoms with Gasteiger partial charge in [-0.15, -0.1) is 0 Å². The molecule has 0 amide bonds. The van der Waals surface area contributed by atoms with Gasteiger partial charge in [0.1, 0.15) is 0 Å². The van der Waals surface area contributed by atoms with Gasteiger partial charge in [-0.05, 0) is 45.5 Å². The van der Waals surface area contributed by atoms with E-state index in [9.17, 15) is 0 Å². The minimum Gasteiger partial charge on any atom is -0.457 e. The molecule has 1 heterocycles. The third-order valence-electron chi connectivity index (χ3n) is 2.94. The van der Waals surface area contributed by atoms with Gasteiger partial charge in [-0.2, -0.15) is 0 Å². The van der Waals surface area contributed by atoms with E-state index in [1.165, 1.54) is 5.56 Å². The van der Waals surface area contributed by atoms with E-state index in [1.54, 1.807) is 6.26 Å². The van der Waals surface area contributed by atoms with Gasteiger partial charge >= 0.3 is 0 Å². The summed E-state index contributed by atoms with van der Waals surface area (Å²) in [5.41, 5.74) is 9.71. The van der Waals surface area contributed by atoms with E-state index < -0.39 is 0 Å². The molecule has 0 fully saturated rings. The predicted molar refractivity (Wildman–Crippen MR) is 77.4 cm³/mol. The Morgan fingerprint density at radius 2 is 2.06 bits per heavy atom. The van der Waals surface area contributed by atoms with Gasteiger partial charge < -0.3 is 10.2 Å². The molecule has 0 aliphatic carbocycles. The van der Waals surface area contributed by atoms with Crippen LogP contribution in [-0.2, 0) is 6.42 Å². The standard InChI is InChI=1S/C15H18BrNO/c1-10(2)8-11-4-3-5-12(9-11)14(17)13-6-7-18-15(13)16/h3-7,9-10,14H,8,17H2,1-2H3. The maximum Gasteiger partial charge on any atom is 0.174 e. The summed E-state index contributed by atoms with van der Waals surface area (Å²) in [6.07, 6.45) is 2.73. The molecule has 0 saturated carbocycles. The summed E-state index contributed by atoms with van der Waals surface area (Å²) in [6, 6.07) is 10.2. The Balaban J connectivity index is 2.25. The van der Waals surface area contributed by atoms with Crippen LogP contribution < -0.4 is 5.73 Å². The molecule has 2 aromatic rings. The summed E-state index contributed by atoms with van der Waals surface area (Å²) in [5.74, 6) is 0.650. The van der Waals surface area contributed by atoms with Crippen molar-refractivity contribution in [3.8, 4) is 0 Å². The molecule has 0 radical (unpaired) electrons. The quantitative estimate of drug-likeness (QED) is 0.915. The first-order valence-electron chi connectivity index (χ1n) is 6.15. The summed E-state index contributed by atoms with van der Waals surface area (Å²) >= 11 is 3.38. The fourth-order valence-electron chi connectivity index (χ4n) is 2.09. The summed E-state index contributed by atoms with van der Waals surface area (Å²) in [5, 5.41) is 0. The zero-order chi connectivity index (χ0) is 13.1. The van der Waals surface area contributed by atoms with Gasteiger partial charge in [0.25, 0.3) is 0 Å². The van der Waals surface area contributed by atoms with Crippen molar-refractivity contribution in [2.24, 2.45) is 11.7 Å². The number of rotatable bonds is 4. The molecule has 1 atom stereocenters. The van der Waals surface area contributed by atoms with E-state index >= 15 is 0 Å². The lowest BCUT2D eigenvalue weighted by atomic mass is 9.96. The molecule has 0 aliphatic rings. The monoisotopic (exact) mass is 307 g/mol. The van der Waals surface area contributed by atoms with Crippen LogP contribution in [0.3, 0.4) is 0 Å². The molecule has 3 heteroatoms. The summed E-state index contributed by atoms with van der Waals surface area (Å²) in [6.45, 7) is 4.44. The molecule has 0 spiro atoms.